The van der Waals surface area contributed by atoms with Crippen LogP contribution >= 0.6 is 19.5 Å². The third kappa shape index (κ3) is 6.57. The van der Waals surface area contributed by atoms with Gasteiger partial charge in [0, 0.05) is 17.9 Å². The lowest BCUT2D eigenvalue weighted by Crippen LogP contribution is -2.33. The summed E-state index contributed by atoms with van der Waals surface area (Å²) in [4.78, 5) is 20.9. The molecule has 0 aliphatic heterocycles. The average molecular weight is 364 g/mol. The Morgan fingerprint density at radius 2 is 2.09 bits per heavy atom. The van der Waals surface area contributed by atoms with Gasteiger partial charge in [-0.3, -0.25) is 19.4 Å². The minimum Gasteiger partial charge on any atom is -0.480 e. The van der Waals surface area contributed by atoms with Gasteiger partial charge in [0.15, 0.2) is 0 Å². The zero-order valence-electron chi connectivity index (χ0n) is 12.5. The molecule has 23 heavy (non-hydrogen) atoms. The standard InChI is InChI=1S/C12H17N2O7PS/c1-9(12(15)16)13-22(19,20-7-8-23-2)21-11-5-3-10(4-6-11)14(17)18/h3-6,9H,7-8H2,1-2H3,(H,13,19)(H,15,16). The van der Waals surface area contributed by atoms with Crippen molar-refractivity contribution in [2.75, 3.05) is 18.6 Å². The van der Waals surface area contributed by atoms with Gasteiger partial charge in [-0.25, -0.2) is 4.57 Å². The minimum atomic E-state index is -3.93. The van der Waals surface area contributed by atoms with Gasteiger partial charge in [0.1, 0.15) is 11.8 Å². The van der Waals surface area contributed by atoms with Crippen molar-refractivity contribution in [1.29, 1.82) is 0 Å². The monoisotopic (exact) mass is 364 g/mol. The SMILES string of the molecule is CSCCOP(=O)(NC(C)C(=O)O)Oc1ccc([N+](=O)[O-])cc1. The first-order valence-electron chi connectivity index (χ1n) is 6.45. The lowest BCUT2D eigenvalue weighted by molar-refractivity contribution is -0.384. The first kappa shape index (κ1) is 19.4. The first-order chi connectivity index (χ1) is 10.8. The lowest BCUT2D eigenvalue weighted by Gasteiger charge is -2.21. The van der Waals surface area contributed by atoms with Crippen molar-refractivity contribution in [3.05, 3.63) is 34.4 Å². The molecule has 2 atom stereocenters. The molecule has 2 N–H and O–H groups in total. The molecule has 9 nitrogen and oxygen atoms in total. The van der Waals surface area contributed by atoms with Crippen LogP contribution in [0.4, 0.5) is 5.69 Å². The molecule has 0 bridgehead atoms. The second-order valence-corrected chi connectivity index (χ2v) is 7.03. The lowest BCUT2D eigenvalue weighted by atomic mass is 10.3. The molecule has 0 aliphatic rings. The van der Waals surface area contributed by atoms with E-state index in [-0.39, 0.29) is 18.0 Å². The predicted molar refractivity (Wildman–Crippen MR) is 85.9 cm³/mol. The number of thioether (sulfide) groups is 1. The summed E-state index contributed by atoms with van der Waals surface area (Å²) >= 11 is 1.46. The van der Waals surface area contributed by atoms with Gasteiger partial charge < -0.3 is 9.63 Å². The van der Waals surface area contributed by atoms with Crippen LogP contribution < -0.4 is 9.61 Å². The Balaban J connectivity index is 2.88. The zero-order valence-corrected chi connectivity index (χ0v) is 14.2. The van der Waals surface area contributed by atoms with Crippen molar-refractivity contribution in [2.24, 2.45) is 0 Å². The van der Waals surface area contributed by atoms with E-state index in [1.54, 1.807) is 0 Å². The first-order valence-corrected chi connectivity index (χ1v) is 9.39. The van der Waals surface area contributed by atoms with Crippen LogP contribution in [0.25, 0.3) is 0 Å². The molecule has 0 heterocycles. The fraction of sp³-hybridized carbons (Fsp3) is 0.417. The summed E-state index contributed by atoms with van der Waals surface area (Å²) in [5.41, 5.74) is -0.151. The molecule has 2 unspecified atom stereocenters. The molecule has 0 saturated carbocycles. The highest BCUT2D eigenvalue weighted by atomic mass is 32.2. The van der Waals surface area contributed by atoms with Crippen molar-refractivity contribution < 1.29 is 28.4 Å². The van der Waals surface area contributed by atoms with Crippen LogP contribution in [0, 0.1) is 10.1 Å². The number of hydrogen-bond acceptors (Lipinski definition) is 7. The van der Waals surface area contributed by atoms with Crippen LogP contribution in [0.15, 0.2) is 24.3 Å². The number of hydrogen-bond donors (Lipinski definition) is 2. The van der Waals surface area contributed by atoms with E-state index in [4.69, 9.17) is 14.2 Å². The molecule has 11 heteroatoms. The van der Waals surface area contributed by atoms with Crippen LogP contribution in [0.2, 0.25) is 0 Å². The molecule has 0 fully saturated rings. The molecule has 0 spiro atoms. The van der Waals surface area contributed by atoms with E-state index in [1.807, 2.05) is 6.26 Å². The number of carbonyl (C=O) groups is 1. The number of nitro groups is 1. The molecular weight excluding hydrogens is 347 g/mol. The van der Waals surface area contributed by atoms with Gasteiger partial charge >= 0.3 is 13.7 Å². The average Bonchev–Trinajstić information content (AvgIpc) is 2.47. The normalized spacial score (nSPS) is 14.7. The number of carboxylic acids is 1. The van der Waals surface area contributed by atoms with E-state index >= 15 is 0 Å². The van der Waals surface area contributed by atoms with Crippen LogP contribution in [-0.2, 0) is 13.9 Å². The summed E-state index contributed by atoms with van der Waals surface area (Å²) in [5.74, 6) is -0.615. The van der Waals surface area contributed by atoms with Gasteiger partial charge in [-0.1, -0.05) is 0 Å². The molecule has 128 valence electrons. The fourth-order valence-electron chi connectivity index (χ4n) is 1.39. The summed E-state index contributed by atoms with van der Waals surface area (Å²) in [7, 11) is -3.93. The minimum absolute atomic E-state index is 0.0631. The van der Waals surface area contributed by atoms with Crippen molar-refractivity contribution in [1.82, 2.24) is 5.09 Å². The van der Waals surface area contributed by atoms with Gasteiger partial charge in [0.2, 0.25) is 0 Å². The van der Waals surface area contributed by atoms with E-state index in [2.05, 4.69) is 5.09 Å². The Labute approximate surface area is 137 Å². The Hall–Kier alpha value is -1.61. The Morgan fingerprint density at radius 3 is 2.57 bits per heavy atom. The third-order valence-electron chi connectivity index (χ3n) is 2.54. The summed E-state index contributed by atoms with van der Waals surface area (Å²) in [6, 6.07) is 3.73. The van der Waals surface area contributed by atoms with E-state index in [0.29, 0.717) is 5.75 Å². The summed E-state index contributed by atoms with van der Waals surface area (Å²) in [5, 5.41) is 21.8. The van der Waals surface area contributed by atoms with Gasteiger partial charge in [0.05, 0.1) is 11.5 Å². The number of carboxylic acid groups (broad SMARTS) is 1. The summed E-state index contributed by atoms with van der Waals surface area (Å²) in [6.45, 7) is 1.39. The molecule has 1 aromatic rings. The third-order valence-corrected chi connectivity index (χ3v) is 4.80. The molecule has 1 rings (SSSR count). The maximum atomic E-state index is 12.6. The molecule has 0 amide bonds. The maximum absolute atomic E-state index is 12.6. The summed E-state index contributed by atoms with van der Waals surface area (Å²) in [6.07, 6.45) is 1.83. The Morgan fingerprint density at radius 1 is 1.48 bits per heavy atom. The zero-order chi connectivity index (χ0) is 17.5. The van der Waals surface area contributed by atoms with Gasteiger partial charge in [-0.05, 0) is 25.3 Å². The largest absolute Gasteiger partial charge is 0.480 e. The maximum Gasteiger partial charge on any atom is 0.459 e. The van der Waals surface area contributed by atoms with Gasteiger partial charge in [0.25, 0.3) is 5.69 Å². The molecular formula is C12H17N2O7PS. The number of aliphatic carboxylic acids is 1. The Kier molecular flexibility index (Phi) is 7.50. The quantitative estimate of drug-likeness (QED) is 0.278. The highest BCUT2D eigenvalue weighted by Crippen LogP contribution is 2.45. The number of nitrogens with one attached hydrogen (secondary N) is 1. The highest BCUT2D eigenvalue weighted by Gasteiger charge is 2.31. The van der Waals surface area contributed by atoms with Crippen molar-refractivity contribution >= 4 is 31.2 Å². The molecule has 1 aromatic carbocycles. The van der Waals surface area contributed by atoms with Crippen molar-refractivity contribution in [2.45, 2.75) is 13.0 Å². The fourth-order valence-corrected chi connectivity index (χ4v) is 3.26. The second-order valence-electron chi connectivity index (χ2n) is 4.35. The number of rotatable bonds is 10. The van der Waals surface area contributed by atoms with E-state index in [1.165, 1.54) is 43.0 Å². The van der Waals surface area contributed by atoms with E-state index in [9.17, 15) is 19.5 Å². The summed E-state index contributed by atoms with van der Waals surface area (Å²) < 4.78 is 23.0. The van der Waals surface area contributed by atoms with Crippen LogP contribution in [0.5, 0.6) is 5.75 Å². The molecule has 0 radical (unpaired) electrons. The molecule has 0 saturated heterocycles. The van der Waals surface area contributed by atoms with Crippen LogP contribution in [-0.4, -0.2) is 40.7 Å². The van der Waals surface area contributed by atoms with Gasteiger partial charge in [-0.2, -0.15) is 16.8 Å². The van der Waals surface area contributed by atoms with Crippen molar-refractivity contribution in [3.8, 4) is 5.75 Å². The topological polar surface area (TPSA) is 128 Å². The van der Waals surface area contributed by atoms with E-state index < -0.39 is 24.7 Å². The second kappa shape index (κ2) is 8.88. The molecule has 0 aromatic heterocycles. The van der Waals surface area contributed by atoms with Crippen molar-refractivity contribution in [3.63, 3.8) is 0 Å². The van der Waals surface area contributed by atoms with Crippen LogP contribution in [0.3, 0.4) is 0 Å². The van der Waals surface area contributed by atoms with Gasteiger partial charge in [-0.15, -0.1) is 0 Å². The predicted octanol–water partition coefficient (Wildman–Crippen LogP) is 2.52. The molecule has 0 aliphatic carbocycles. The number of nitrogens with zero attached hydrogens (tertiary/aromatic N) is 1. The number of benzene rings is 1. The number of nitro benzene ring substituents is 1. The number of non-ortho nitro benzene ring substituents is 1. The highest BCUT2D eigenvalue weighted by molar-refractivity contribution is 7.98. The smallest absolute Gasteiger partial charge is 0.459 e. The Bertz CT molecular complexity index is 596. The van der Waals surface area contributed by atoms with Crippen LogP contribution in [0.1, 0.15) is 6.92 Å². The van der Waals surface area contributed by atoms with E-state index in [0.717, 1.165) is 0 Å².